The Balaban J connectivity index is 2.78. The summed E-state index contributed by atoms with van der Waals surface area (Å²) in [4.78, 5) is 10.7. The molecule has 0 aliphatic carbocycles. The molecule has 1 nitrogen and oxygen atoms in total. The SMILES string of the molecule is CCc1ccc(CCC(=O)Cl)cc1CC. The molecular weight excluding hydrogens is 208 g/mol. The minimum absolute atomic E-state index is 0.257. The van der Waals surface area contributed by atoms with Gasteiger partial charge in [-0.25, -0.2) is 0 Å². The number of hydrogen-bond acceptors (Lipinski definition) is 1. The van der Waals surface area contributed by atoms with Crippen molar-refractivity contribution < 1.29 is 4.79 Å². The van der Waals surface area contributed by atoms with Crippen LogP contribution < -0.4 is 0 Å². The summed E-state index contributed by atoms with van der Waals surface area (Å²) in [6.07, 6.45) is 3.29. The van der Waals surface area contributed by atoms with Gasteiger partial charge in [-0.05, 0) is 47.6 Å². The van der Waals surface area contributed by atoms with Crippen molar-refractivity contribution in [1.82, 2.24) is 0 Å². The zero-order valence-electron chi connectivity index (χ0n) is 9.35. The van der Waals surface area contributed by atoms with Gasteiger partial charge in [0.15, 0.2) is 0 Å². The van der Waals surface area contributed by atoms with E-state index in [-0.39, 0.29) is 5.24 Å². The quantitative estimate of drug-likeness (QED) is 0.700. The first-order chi connectivity index (χ1) is 7.17. The van der Waals surface area contributed by atoms with Crippen LogP contribution in [0.4, 0.5) is 0 Å². The molecule has 0 atom stereocenters. The molecule has 1 aromatic rings. The molecule has 0 aliphatic heterocycles. The van der Waals surface area contributed by atoms with E-state index in [1.165, 1.54) is 16.7 Å². The lowest BCUT2D eigenvalue weighted by Gasteiger charge is -2.08. The van der Waals surface area contributed by atoms with Crippen LogP contribution in [0, 0.1) is 0 Å². The second-order valence-corrected chi connectivity index (χ2v) is 4.09. The van der Waals surface area contributed by atoms with Crippen molar-refractivity contribution in [2.24, 2.45) is 0 Å². The lowest BCUT2D eigenvalue weighted by Crippen LogP contribution is -1.96. The molecule has 0 bridgehead atoms. The van der Waals surface area contributed by atoms with E-state index in [0.29, 0.717) is 6.42 Å². The maximum absolute atomic E-state index is 10.7. The van der Waals surface area contributed by atoms with Crippen LogP contribution in [0.1, 0.15) is 37.0 Å². The van der Waals surface area contributed by atoms with Gasteiger partial charge < -0.3 is 0 Å². The normalized spacial score (nSPS) is 10.3. The summed E-state index contributed by atoms with van der Waals surface area (Å²) in [5, 5.41) is -0.257. The molecule has 0 spiro atoms. The average molecular weight is 225 g/mol. The third-order valence-corrected chi connectivity index (χ3v) is 2.83. The van der Waals surface area contributed by atoms with Gasteiger partial charge in [0, 0.05) is 6.42 Å². The molecule has 2 heteroatoms. The van der Waals surface area contributed by atoms with Crippen molar-refractivity contribution in [2.45, 2.75) is 39.5 Å². The monoisotopic (exact) mass is 224 g/mol. The molecule has 0 aliphatic rings. The minimum Gasteiger partial charge on any atom is -0.281 e. The van der Waals surface area contributed by atoms with Gasteiger partial charge in [-0.2, -0.15) is 0 Å². The van der Waals surface area contributed by atoms with E-state index < -0.39 is 0 Å². The molecule has 0 aromatic heterocycles. The van der Waals surface area contributed by atoms with Gasteiger partial charge in [0.25, 0.3) is 0 Å². The standard InChI is InChI=1S/C13H17ClO/c1-3-11-7-5-10(6-8-13(14)15)9-12(11)4-2/h5,7,9H,3-4,6,8H2,1-2H3. The highest BCUT2D eigenvalue weighted by Gasteiger charge is 2.02. The van der Waals surface area contributed by atoms with Crippen molar-refractivity contribution in [3.63, 3.8) is 0 Å². The van der Waals surface area contributed by atoms with Crippen molar-refractivity contribution in [3.8, 4) is 0 Å². The Morgan fingerprint density at radius 2 is 1.87 bits per heavy atom. The predicted molar refractivity (Wildman–Crippen MR) is 64.4 cm³/mol. The van der Waals surface area contributed by atoms with Gasteiger partial charge in [-0.3, -0.25) is 4.79 Å². The van der Waals surface area contributed by atoms with E-state index in [1.807, 2.05) is 0 Å². The number of carbonyl (C=O) groups is 1. The molecular formula is C13H17ClO. The van der Waals surface area contributed by atoms with Gasteiger partial charge in [0.05, 0.1) is 0 Å². The summed E-state index contributed by atoms with van der Waals surface area (Å²) >= 11 is 5.32. The largest absolute Gasteiger partial charge is 0.281 e. The second kappa shape index (κ2) is 5.92. The molecule has 0 unspecified atom stereocenters. The molecule has 0 saturated heterocycles. The summed E-state index contributed by atoms with van der Waals surface area (Å²) in [5.41, 5.74) is 3.99. The Hall–Kier alpha value is -0.820. The van der Waals surface area contributed by atoms with E-state index in [2.05, 4.69) is 32.0 Å². The molecule has 0 saturated carbocycles. The predicted octanol–water partition coefficient (Wildman–Crippen LogP) is 3.51. The van der Waals surface area contributed by atoms with Gasteiger partial charge in [-0.15, -0.1) is 0 Å². The third kappa shape index (κ3) is 3.67. The van der Waals surface area contributed by atoms with Gasteiger partial charge in [0.1, 0.15) is 0 Å². The van der Waals surface area contributed by atoms with Crippen LogP contribution in [-0.2, 0) is 24.1 Å². The van der Waals surface area contributed by atoms with E-state index in [1.54, 1.807) is 0 Å². The van der Waals surface area contributed by atoms with Crippen LogP contribution in [0.2, 0.25) is 0 Å². The van der Waals surface area contributed by atoms with Crippen molar-refractivity contribution in [1.29, 1.82) is 0 Å². The van der Waals surface area contributed by atoms with Crippen LogP contribution in [0.25, 0.3) is 0 Å². The summed E-state index contributed by atoms with van der Waals surface area (Å²) < 4.78 is 0. The minimum atomic E-state index is -0.257. The molecule has 82 valence electrons. The smallest absolute Gasteiger partial charge is 0.221 e. The molecule has 0 heterocycles. The zero-order valence-corrected chi connectivity index (χ0v) is 10.1. The summed E-state index contributed by atoms with van der Waals surface area (Å²) in [6.45, 7) is 4.32. The third-order valence-electron chi connectivity index (χ3n) is 2.64. The van der Waals surface area contributed by atoms with E-state index in [9.17, 15) is 4.79 Å². The van der Waals surface area contributed by atoms with Crippen LogP contribution in [-0.4, -0.2) is 5.24 Å². The molecule has 0 amide bonds. The number of aryl methyl sites for hydroxylation is 3. The summed E-state index contributed by atoms with van der Waals surface area (Å²) in [6, 6.07) is 6.45. The first kappa shape index (κ1) is 12.3. The Morgan fingerprint density at radius 3 is 2.40 bits per heavy atom. The fraction of sp³-hybridized carbons (Fsp3) is 0.462. The Morgan fingerprint density at radius 1 is 1.20 bits per heavy atom. The van der Waals surface area contributed by atoms with Crippen molar-refractivity contribution in [2.75, 3.05) is 0 Å². The highest BCUT2D eigenvalue weighted by Crippen LogP contribution is 2.15. The molecule has 15 heavy (non-hydrogen) atoms. The van der Waals surface area contributed by atoms with Crippen molar-refractivity contribution >= 4 is 16.8 Å². The second-order valence-electron chi connectivity index (χ2n) is 3.67. The Labute approximate surface area is 96.5 Å². The number of benzene rings is 1. The van der Waals surface area contributed by atoms with Crippen LogP contribution in [0.5, 0.6) is 0 Å². The average Bonchev–Trinajstić information content (AvgIpc) is 2.25. The lowest BCUT2D eigenvalue weighted by atomic mass is 9.98. The van der Waals surface area contributed by atoms with E-state index in [0.717, 1.165) is 19.3 Å². The fourth-order valence-electron chi connectivity index (χ4n) is 1.75. The molecule has 0 fully saturated rings. The molecule has 1 aromatic carbocycles. The molecule has 0 radical (unpaired) electrons. The first-order valence-corrected chi connectivity index (χ1v) is 5.84. The van der Waals surface area contributed by atoms with E-state index >= 15 is 0 Å². The fourth-order valence-corrected chi connectivity index (χ4v) is 1.85. The lowest BCUT2D eigenvalue weighted by molar-refractivity contribution is -0.111. The molecule has 0 N–H and O–H groups in total. The van der Waals surface area contributed by atoms with Crippen LogP contribution in [0.3, 0.4) is 0 Å². The van der Waals surface area contributed by atoms with Gasteiger partial charge in [0.2, 0.25) is 5.24 Å². The number of hydrogen-bond donors (Lipinski definition) is 0. The Kier molecular flexibility index (Phi) is 4.83. The highest BCUT2D eigenvalue weighted by atomic mass is 35.5. The maximum Gasteiger partial charge on any atom is 0.221 e. The zero-order chi connectivity index (χ0) is 11.3. The maximum atomic E-state index is 10.7. The van der Waals surface area contributed by atoms with Gasteiger partial charge in [-0.1, -0.05) is 32.0 Å². The summed E-state index contributed by atoms with van der Waals surface area (Å²) in [7, 11) is 0. The first-order valence-electron chi connectivity index (χ1n) is 5.46. The number of halogens is 1. The van der Waals surface area contributed by atoms with Crippen LogP contribution >= 0.6 is 11.6 Å². The number of carbonyl (C=O) groups excluding carboxylic acids is 1. The molecule has 1 rings (SSSR count). The van der Waals surface area contributed by atoms with Crippen LogP contribution in [0.15, 0.2) is 18.2 Å². The van der Waals surface area contributed by atoms with E-state index in [4.69, 9.17) is 11.6 Å². The van der Waals surface area contributed by atoms with Gasteiger partial charge >= 0.3 is 0 Å². The number of rotatable bonds is 5. The summed E-state index contributed by atoms with van der Waals surface area (Å²) in [5.74, 6) is 0. The highest BCUT2D eigenvalue weighted by molar-refractivity contribution is 6.63. The topological polar surface area (TPSA) is 17.1 Å². The Bertz CT molecular complexity index is 344. The van der Waals surface area contributed by atoms with Crippen molar-refractivity contribution in [3.05, 3.63) is 34.9 Å².